The lowest BCUT2D eigenvalue weighted by atomic mass is 10.0. The molecular formula is C22H16ClN5O2. The van der Waals surface area contributed by atoms with Gasteiger partial charge in [0.15, 0.2) is 5.76 Å². The number of hydrogen-bond acceptors (Lipinski definition) is 5. The van der Waals surface area contributed by atoms with Crippen LogP contribution in [-0.2, 0) is 0 Å². The summed E-state index contributed by atoms with van der Waals surface area (Å²) in [6.07, 6.45) is 3.51. The second-order valence-corrected chi connectivity index (χ2v) is 7.14. The number of furan rings is 1. The zero-order chi connectivity index (χ0) is 20.5. The van der Waals surface area contributed by atoms with Gasteiger partial charge in [0, 0.05) is 10.7 Å². The molecule has 0 saturated carbocycles. The van der Waals surface area contributed by atoms with Crippen LogP contribution in [0.4, 0.5) is 11.9 Å². The summed E-state index contributed by atoms with van der Waals surface area (Å²) in [7, 11) is 0. The fraction of sp³-hybridized carbons (Fsp3) is 0.0455. The monoisotopic (exact) mass is 417 g/mol. The van der Waals surface area contributed by atoms with Gasteiger partial charge in [0.1, 0.15) is 6.04 Å². The quantitative estimate of drug-likeness (QED) is 0.496. The first-order chi connectivity index (χ1) is 14.7. The van der Waals surface area contributed by atoms with Crippen molar-refractivity contribution in [3.8, 4) is 0 Å². The molecule has 0 fully saturated rings. The third-order valence-corrected chi connectivity index (χ3v) is 4.98. The average Bonchev–Trinajstić information content (AvgIpc) is 3.44. The Bertz CT molecular complexity index is 1210. The maximum Gasteiger partial charge on any atom is 0.293 e. The van der Waals surface area contributed by atoms with Crippen LogP contribution in [0.3, 0.4) is 0 Å². The van der Waals surface area contributed by atoms with Crippen molar-refractivity contribution in [2.45, 2.75) is 6.04 Å². The van der Waals surface area contributed by atoms with Crippen LogP contribution in [0, 0.1) is 0 Å². The number of amides is 1. The SMILES string of the molecule is O=C(Nc1nc2n(n1)[C@H](c1ccc(Cl)cc1)C=C(c1ccccc1)N2)c1ccco1. The number of aromatic nitrogens is 3. The molecule has 0 bridgehead atoms. The number of rotatable bonds is 4. The number of hydrogen-bond donors (Lipinski definition) is 2. The summed E-state index contributed by atoms with van der Waals surface area (Å²) in [6, 6.07) is 20.5. The van der Waals surface area contributed by atoms with Crippen molar-refractivity contribution >= 4 is 35.1 Å². The van der Waals surface area contributed by atoms with E-state index in [1.807, 2.05) is 54.6 Å². The van der Waals surface area contributed by atoms with Gasteiger partial charge in [0.2, 0.25) is 5.95 Å². The minimum Gasteiger partial charge on any atom is -0.459 e. The molecule has 1 aliphatic rings. The molecule has 0 radical (unpaired) electrons. The van der Waals surface area contributed by atoms with Crippen LogP contribution in [-0.4, -0.2) is 20.7 Å². The highest BCUT2D eigenvalue weighted by molar-refractivity contribution is 6.30. The van der Waals surface area contributed by atoms with E-state index in [1.54, 1.807) is 16.8 Å². The summed E-state index contributed by atoms with van der Waals surface area (Å²) in [5, 5.41) is 11.1. The topological polar surface area (TPSA) is 85.0 Å². The summed E-state index contributed by atoms with van der Waals surface area (Å²) < 4.78 is 6.86. The van der Waals surface area contributed by atoms with E-state index in [2.05, 4.69) is 26.8 Å². The van der Waals surface area contributed by atoms with Crippen LogP contribution in [0.1, 0.15) is 27.7 Å². The zero-order valence-corrected chi connectivity index (χ0v) is 16.4. The predicted molar refractivity (Wildman–Crippen MR) is 114 cm³/mol. The molecule has 1 atom stereocenters. The molecule has 2 aromatic carbocycles. The second kappa shape index (κ2) is 7.53. The minimum absolute atomic E-state index is 0.181. The van der Waals surface area contributed by atoms with Gasteiger partial charge in [-0.25, -0.2) is 4.68 Å². The van der Waals surface area contributed by atoms with Gasteiger partial charge in [0.25, 0.3) is 11.9 Å². The van der Waals surface area contributed by atoms with Crippen molar-refractivity contribution < 1.29 is 9.21 Å². The Morgan fingerprint density at radius 3 is 2.60 bits per heavy atom. The molecule has 0 spiro atoms. The van der Waals surface area contributed by atoms with E-state index in [0.29, 0.717) is 11.0 Å². The van der Waals surface area contributed by atoms with Crippen molar-refractivity contribution in [1.82, 2.24) is 14.8 Å². The molecule has 8 heteroatoms. The van der Waals surface area contributed by atoms with Gasteiger partial charge in [-0.1, -0.05) is 54.1 Å². The summed E-state index contributed by atoms with van der Waals surface area (Å²) in [5.41, 5.74) is 2.91. The van der Waals surface area contributed by atoms with Crippen LogP contribution < -0.4 is 10.6 Å². The molecule has 1 aliphatic heterocycles. The number of carbonyl (C=O) groups excluding carboxylic acids is 1. The molecule has 30 heavy (non-hydrogen) atoms. The highest BCUT2D eigenvalue weighted by Gasteiger charge is 2.26. The Morgan fingerprint density at radius 2 is 1.87 bits per heavy atom. The number of nitrogens with zero attached hydrogens (tertiary/aromatic N) is 3. The molecule has 2 N–H and O–H groups in total. The third-order valence-electron chi connectivity index (χ3n) is 4.73. The molecule has 148 valence electrons. The van der Waals surface area contributed by atoms with Gasteiger partial charge in [-0.3, -0.25) is 10.1 Å². The largest absolute Gasteiger partial charge is 0.459 e. The van der Waals surface area contributed by atoms with Gasteiger partial charge in [0.05, 0.1) is 6.26 Å². The van der Waals surface area contributed by atoms with Gasteiger partial charge in [-0.15, -0.1) is 5.10 Å². The summed E-state index contributed by atoms with van der Waals surface area (Å²) in [5.74, 6) is 0.474. The van der Waals surface area contributed by atoms with Crippen molar-refractivity contribution in [2.75, 3.05) is 10.6 Å². The number of fused-ring (bicyclic) bond motifs is 1. The highest BCUT2D eigenvalue weighted by atomic mass is 35.5. The summed E-state index contributed by atoms with van der Waals surface area (Å²) >= 11 is 6.07. The number of carbonyl (C=O) groups is 1. The molecule has 5 rings (SSSR count). The fourth-order valence-electron chi connectivity index (χ4n) is 3.30. The normalized spacial score (nSPS) is 15.1. The van der Waals surface area contributed by atoms with Gasteiger partial charge >= 0.3 is 0 Å². The molecule has 1 amide bonds. The zero-order valence-electron chi connectivity index (χ0n) is 15.6. The van der Waals surface area contributed by atoms with Crippen molar-refractivity contribution in [3.63, 3.8) is 0 Å². The van der Waals surface area contributed by atoms with Crippen LogP contribution in [0.15, 0.2) is 83.5 Å². The Balaban J connectivity index is 1.53. The van der Waals surface area contributed by atoms with E-state index in [0.717, 1.165) is 16.8 Å². The van der Waals surface area contributed by atoms with Crippen LogP contribution in [0.25, 0.3) is 5.70 Å². The summed E-state index contributed by atoms with van der Waals surface area (Å²) in [6.45, 7) is 0. The lowest BCUT2D eigenvalue weighted by molar-refractivity contribution is 0.0996. The van der Waals surface area contributed by atoms with E-state index < -0.39 is 5.91 Å². The Kier molecular flexibility index (Phi) is 4.57. The standard InChI is InChI=1S/C22H16ClN5O2/c23-16-10-8-15(9-11-16)18-13-17(14-5-2-1-3-6-14)24-22-26-21(27-28(18)22)25-20(29)19-7-4-12-30-19/h1-13,18H,(H2,24,25,26,27,29)/t18-/m0/s1. The first kappa shape index (κ1) is 18.2. The Labute approximate surface area is 177 Å². The number of allylic oxidation sites excluding steroid dienone is 1. The summed E-state index contributed by atoms with van der Waals surface area (Å²) in [4.78, 5) is 16.8. The molecule has 0 saturated heterocycles. The van der Waals surface area contributed by atoms with E-state index in [4.69, 9.17) is 16.0 Å². The number of halogens is 1. The first-order valence-corrected chi connectivity index (χ1v) is 9.66. The number of nitrogens with one attached hydrogen (secondary N) is 2. The van der Waals surface area contributed by atoms with E-state index in [9.17, 15) is 4.79 Å². The Hall–Kier alpha value is -3.84. The first-order valence-electron chi connectivity index (χ1n) is 9.28. The molecule has 4 aromatic rings. The second-order valence-electron chi connectivity index (χ2n) is 6.70. The van der Waals surface area contributed by atoms with Gasteiger partial charge in [-0.05, 0) is 41.5 Å². The number of anilines is 2. The molecule has 7 nitrogen and oxygen atoms in total. The van der Waals surface area contributed by atoms with Gasteiger partial charge in [-0.2, -0.15) is 4.98 Å². The molecule has 3 heterocycles. The lowest BCUT2D eigenvalue weighted by Crippen LogP contribution is -2.20. The van der Waals surface area contributed by atoms with Gasteiger partial charge < -0.3 is 9.73 Å². The van der Waals surface area contributed by atoms with Crippen molar-refractivity contribution in [2.24, 2.45) is 0 Å². The minimum atomic E-state index is -0.415. The fourth-order valence-corrected chi connectivity index (χ4v) is 3.43. The van der Waals surface area contributed by atoms with E-state index >= 15 is 0 Å². The molecule has 0 unspecified atom stereocenters. The third kappa shape index (κ3) is 3.46. The maximum atomic E-state index is 12.3. The van der Waals surface area contributed by atoms with Crippen LogP contribution in [0.2, 0.25) is 5.02 Å². The Morgan fingerprint density at radius 1 is 1.07 bits per heavy atom. The van der Waals surface area contributed by atoms with Crippen molar-refractivity contribution in [1.29, 1.82) is 0 Å². The van der Waals surface area contributed by atoms with Crippen molar-refractivity contribution in [3.05, 3.63) is 101 Å². The molecular weight excluding hydrogens is 402 g/mol. The lowest BCUT2D eigenvalue weighted by Gasteiger charge is -2.24. The average molecular weight is 418 g/mol. The predicted octanol–water partition coefficient (Wildman–Crippen LogP) is 4.83. The highest BCUT2D eigenvalue weighted by Crippen LogP contribution is 2.33. The maximum absolute atomic E-state index is 12.3. The smallest absolute Gasteiger partial charge is 0.293 e. The van der Waals surface area contributed by atoms with Crippen LogP contribution in [0.5, 0.6) is 0 Å². The molecule has 2 aromatic heterocycles. The van der Waals surface area contributed by atoms with E-state index in [1.165, 1.54) is 6.26 Å². The number of benzene rings is 2. The van der Waals surface area contributed by atoms with Crippen LogP contribution >= 0.6 is 11.6 Å². The molecule has 0 aliphatic carbocycles. The van der Waals surface area contributed by atoms with E-state index in [-0.39, 0.29) is 17.8 Å².